The highest BCUT2D eigenvalue weighted by molar-refractivity contribution is 9.12. The Morgan fingerprint density at radius 2 is 2.06 bits per heavy atom. The van der Waals surface area contributed by atoms with Gasteiger partial charge in [-0.2, -0.15) is 0 Å². The summed E-state index contributed by atoms with van der Waals surface area (Å²) in [6, 6.07) is 4.90. The van der Waals surface area contributed by atoms with Crippen molar-refractivity contribution < 1.29 is 19.1 Å². The molecule has 0 saturated heterocycles. The van der Waals surface area contributed by atoms with Crippen molar-refractivity contribution >= 4 is 27.5 Å². The zero-order chi connectivity index (χ0) is 12.4. The van der Waals surface area contributed by atoms with Crippen LogP contribution in [0.15, 0.2) is 28.8 Å². The van der Waals surface area contributed by atoms with Crippen molar-refractivity contribution in [2.45, 2.75) is 0 Å². The van der Waals surface area contributed by atoms with E-state index in [1.807, 2.05) is 0 Å². The molecule has 0 unspecified atom stereocenters. The van der Waals surface area contributed by atoms with Crippen molar-refractivity contribution in [3.63, 3.8) is 0 Å². The van der Waals surface area contributed by atoms with Crippen molar-refractivity contribution in [2.24, 2.45) is 0 Å². The number of Topliss-reactive ketones (excluding diaryl/α,β-unsaturated/α-hetero) is 1. The molecule has 4 nitrogen and oxygen atoms in total. The van der Waals surface area contributed by atoms with Crippen molar-refractivity contribution in [2.75, 3.05) is 13.9 Å². The third-order valence-corrected chi connectivity index (χ3v) is 2.91. The molecule has 5 heteroatoms. The number of allylic oxidation sites excluding steroid dienone is 2. The zero-order valence-corrected chi connectivity index (χ0v) is 10.6. The van der Waals surface area contributed by atoms with E-state index in [1.165, 1.54) is 13.2 Å². The molecule has 0 N–H and O–H groups in total. The second kappa shape index (κ2) is 4.81. The second-order valence-corrected chi connectivity index (χ2v) is 4.27. The van der Waals surface area contributed by atoms with Crippen LogP contribution in [0.1, 0.15) is 20.7 Å². The van der Waals surface area contributed by atoms with E-state index in [9.17, 15) is 9.59 Å². The van der Waals surface area contributed by atoms with Gasteiger partial charge in [-0.25, -0.2) is 0 Å². The minimum Gasteiger partial charge on any atom is -0.467 e. The number of hydrogen-bond donors (Lipinski definition) is 0. The van der Waals surface area contributed by atoms with Crippen LogP contribution in [0, 0.1) is 0 Å². The van der Waals surface area contributed by atoms with Gasteiger partial charge < -0.3 is 9.47 Å². The fourth-order valence-electron chi connectivity index (χ4n) is 1.60. The molecule has 0 saturated carbocycles. The third kappa shape index (κ3) is 2.16. The first-order valence-corrected chi connectivity index (χ1v) is 5.65. The van der Waals surface area contributed by atoms with E-state index in [0.29, 0.717) is 11.3 Å². The summed E-state index contributed by atoms with van der Waals surface area (Å²) in [6.07, 6.45) is 1.25. The molecule has 0 bridgehead atoms. The number of ether oxygens (including phenoxy) is 2. The lowest BCUT2D eigenvalue weighted by Crippen LogP contribution is -2.16. The average Bonchev–Trinajstić information content (AvgIpc) is 2.33. The van der Waals surface area contributed by atoms with Crippen LogP contribution < -0.4 is 4.74 Å². The Bertz CT molecular complexity index is 519. The van der Waals surface area contributed by atoms with Gasteiger partial charge in [0.1, 0.15) is 5.75 Å². The molecule has 17 heavy (non-hydrogen) atoms. The van der Waals surface area contributed by atoms with Crippen LogP contribution in [0.2, 0.25) is 0 Å². The molecule has 0 aliphatic heterocycles. The van der Waals surface area contributed by atoms with E-state index >= 15 is 0 Å². The van der Waals surface area contributed by atoms with Gasteiger partial charge in [-0.1, -0.05) is 6.07 Å². The Kier molecular flexibility index (Phi) is 3.40. The largest absolute Gasteiger partial charge is 0.467 e. The number of hydrogen-bond acceptors (Lipinski definition) is 4. The van der Waals surface area contributed by atoms with E-state index < -0.39 is 0 Å². The van der Waals surface area contributed by atoms with E-state index in [1.54, 1.807) is 18.2 Å². The summed E-state index contributed by atoms with van der Waals surface area (Å²) < 4.78 is 10.3. The fourth-order valence-corrected chi connectivity index (χ4v) is 2.02. The molecule has 0 spiro atoms. The van der Waals surface area contributed by atoms with Gasteiger partial charge in [0.25, 0.3) is 0 Å². The molecule has 1 aliphatic carbocycles. The number of carbonyl (C=O) groups excluding carboxylic acids is 2. The van der Waals surface area contributed by atoms with Crippen LogP contribution in [0.4, 0.5) is 0 Å². The summed E-state index contributed by atoms with van der Waals surface area (Å²) in [5, 5.41) is 0. The van der Waals surface area contributed by atoms with Crippen LogP contribution in [0.3, 0.4) is 0 Å². The standard InChI is InChI=1S/C12H9BrO4/c1-16-6-17-10-4-2-3-7-11(10)9(14)5-8(13)12(7)15/h2-5H,6H2,1H3. The van der Waals surface area contributed by atoms with Crippen molar-refractivity contribution in [1.29, 1.82) is 0 Å². The minimum absolute atomic E-state index is 0.0306. The van der Waals surface area contributed by atoms with Crippen molar-refractivity contribution in [3.8, 4) is 5.75 Å². The van der Waals surface area contributed by atoms with Crippen LogP contribution in [0.5, 0.6) is 5.75 Å². The number of methoxy groups -OCH3 is 1. The summed E-state index contributed by atoms with van der Waals surface area (Å²) in [4.78, 5) is 23.7. The maximum Gasteiger partial charge on any atom is 0.200 e. The fraction of sp³-hybridized carbons (Fsp3) is 0.167. The Morgan fingerprint density at radius 1 is 1.29 bits per heavy atom. The van der Waals surface area contributed by atoms with Crippen molar-refractivity contribution in [3.05, 3.63) is 39.9 Å². The summed E-state index contributed by atoms with van der Waals surface area (Å²) in [6.45, 7) is 0.0306. The predicted octanol–water partition coefficient (Wildman–Crippen LogP) is 2.33. The predicted molar refractivity (Wildman–Crippen MR) is 64.6 cm³/mol. The maximum atomic E-state index is 11.8. The quantitative estimate of drug-likeness (QED) is 0.803. The van der Waals surface area contributed by atoms with Gasteiger partial charge in [0.15, 0.2) is 12.6 Å². The number of carbonyl (C=O) groups is 2. The molecule has 1 aliphatic rings. The SMILES string of the molecule is COCOc1cccc2c1C(=O)C=C(Br)C2=O. The maximum absolute atomic E-state index is 11.8. The molecule has 1 aromatic carbocycles. The van der Waals surface area contributed by atoms with E-state index in [0.717, 1.165) is 0 Å². The normalized spacial score (nSPS) is 14.4. The number of ketones is 2. The first kappa shape index (κ1) is 12.0. The molecule has 0 aromatic heterocycles. The number of halogens is 1. The molecule has 1 aromatic rings. The van der Waals surface area contributed by atoms with Crippen LogP contribution >= 0.6 is 15.9 Å². The average molecular weight is 297 g/mol. The highest BCUT2D eigenvalue weighted by Gasteiger charge is 2.27. The highest BCUT2D eigenvalue weighted by atomic mass is 79.9. The minimum atomic E-state index is -0.252. The summed E-state index contributed by atoms with van der Waals surface area (Å²) in [7, 11) is 1.48. The number of rotatable bonds is 3. The molecule has 88 valence electrons. The molecule has 0 radical (unpaired) electrons. The Morgan fingerprint density at radius 3 is 2.76 bits per heavy atom. The molecular formula is C12H9BrO4. The van der Waals surface area contributed by atoms with E-state index in [-0.39, 0.29) is 28.4 Å². The Balaban J connectivity index is 2.50. The highest BCUT2D eigenvalue weighted by Crippen LogP contribution is 2.31. The molecule has 0 fully saturated rings. The lowest BCUT2D eigenvalue weighted by molar-refractivity contribution is 0.0502. The zero-order valence-electron chi connectivity index (χ0n) is 9.03. The Hall–Kier alpha value is -1.46. The summed E-state index contributed by atoms with van der Waals surface area (Å²) in [5.74, 6) is -0.111. The molecule has 2 rings (SSSR count). The molecular weight excluding hydrogens is 288 g/mol. The van der Waals surface area contributed by atoms with Gasteiger partial charge >= 0.3 is 0 Å². The van der Waals surface area contributed by atoms with Crippen LogP contribution in [0.25, 0.3) is 0 Å². The lowest BCUT2D eigenvalue weighted by Gasteiger charge is -2.15. The molecule has 0 heterocycles. The van der Waals surface area contributed by atoms with Crippen LogP contribution in [-0.2, 0) is 4.74 Å². The monoisotopic (exact) mass is 296 g/mol. The van der Waals surface area contributed by atoms with Gasteiger partial charge in [-0.05, 0) is 28.1 Å². The van der Waals surface area contributed by atoms with Gasteiger partial charge in [-0.15, -0.1) is 0 Å². The first-order valence-electron chi connectivity index (χ1n) is 4.86. The third-order valence-electron chi connectivity index (χ3n) is 2.32. The van der Waals surface area contributed by atoms with Gasteiger partial charge in [0.2, 0.25) is 5.78 Å². The van der Waals surface area contributed by atoms with Gasteiger partial charge in [0.05, 0.1) is 10.0 Å². The van der Waals surface area contributed by atoms with Gasteiger partial charge in [0, 0.05) is 18.7 Å². The summed E-state index contributed by atoms with van der Waals surface area (Å²) >= 11 is 3.07. The van der Waals surface area contributed by atoms with Crippen LogP contribution in [-0.4, -0.2) is 25.5 Å². The van der Waals surface area contributed by atoms with Gasteiger partial charge in [-0.3, -0.25) is 9.59 Å². The number of fused-ring (bicyclic) bond motifs is 1. The smallest absolute Gasteiger partial charge is 0.200 e. The topological polar surface area (TPSA) is 52.6 Å². The summed E-state index contributed by atoms with van der Waals surface area (Å²) in [5.41, 5.74) is 0.635. The second-order valence-electron chi connectivity index (χ2n) is 3.42. The lowest BCUT2D eigenvalue weighted by atomic mass is 9.94. The van der Waals surface area contributed by atoms with E-state index in [2.05, 4.69) is 15.9 Å². The number of benzene rings is 1. The molecule has 0 amide bonds. The molecule has 0 atom stereocenters. The van der Waals surface area contributed by atoms with E-state index in [4.69, 9.17) is 9.47 Å². The Labute approximate surface area is 106 Å². The first-order chi connectivity index (χ1) is 8.15. The van der Waals surface area contributed by atoms with Crippen molar-refractivity contribution in [1.82, 2.24) is 0 Å².